The topological polar surface area (TPSA) is 37.3 Å². The number of carbonyl (C=O) groups is 1. The molecule has 0 saturated heterocycles. The quantitative estimate of drug-likeness (QED) is 0.844. The fraction of sp³-hybridized carbons (Fsp3) is 0.154. The summed E-state index contributed by atoms with van der Waals surface area (Å²) in [6.07, 6.45) is 0. The molecule has 16 heavy (non-hydrogen) atoms. The van der Waals surface area contributed by atoms with E-state index in [-0.39, 0.29) is 0 Å². The Labute approximate surface area is 103 Å². The van der Waals surface area contributed by atoms with E-state index in [1.54, 1.807) is 12.1 Å². The molecule has 0 atom stereocenters. The van der Waals surface area contributed by atoms with Gasteiger partial charge in [0, 0.05) is 4.47 Å². The molecule has 0 spiro atoms. The zero-order valence-electron chi connectivity index (χ0n) is 9.20. The lowest BCUT2D eigenvalue weighted by Gasteiger charge is -2.00. The van der Waals surface area contributed by atoms with Crippen LogP contribution in [-0.2, 0) is 0 Å². The molecule has 2 aromatic rings. The van der Waals surface area contributed by atoms with E-state index in [0.717, 1.165) is 15.2 Å². The number of aromatic carboxylic acids is 1. The van der Waals surface area contributed by atoms with Crippen molar-refractivity contribution in [1.82, 2.24) is 0 Å². The lowest BCUT2D eigenvalue weighted by atomic mass is 10.1. The highest BCUT2D eigenvalue weighted by molar-refractivity contribution is 9.10. The Bertz CT molecular complexity index is 506. The molecule has 0 aromatic heterocycles. The van der Waals surface area contributed by atoms with Crippen molar-refractivity contribution in [3.63, 3.8) is 0 Å². The highest BCUT2D eigenvalue weighted by Crippen LogP contribution is 2.20. The summed E-state index contributed by atoms with van der Waals surface area (Å²) < 4.78 is 0.951. The van der Waals surface area contributed by atoms with Crippen LogP contribution in [0.2, 0.25) is 0 Å². The number of rotatable bonds is 1. The van der Waals surface area contributed by atoms with E-state index in [4.69, 9.17) is 5.11 Å². The first-order chi connectivity index (χ1) is 7.66. The number of carboxylic acids is 1. The average Bonchev–Trinajstić information content (AvgIpc) is 2.30. The largest absolute Gasteiger partial charge is 0.478 e. The Balaban J connectivity index is 0.000000606. The third-order valence-electron chi connectivity index (χ3n) is 2.05. The first-order valence-electron chi connectivity index (χ1n) is 5.09. The second kappa shape index (κ2) is 5.66. The van der Waals surface area contributed by atoms with E-state index < -0.39 is 5.97 Å². The molecule has 2 rings (SSSR count). The Morgan fingerprint density at radius 3 is 2.31 bits per heavy atom. The first kappa shape index (κ1) is 12.7. The van der Waals surface area contributed by atoms with Crippen molar-refractivity contribution in [1.29, 1.82) is 0 Å². The summed E-state index contributed by atoms with van der Waals surface area (Å²) in [5.41, 5.74) is 0.315. The third kappa shape index (κ3) is 2.83. The molecule has 1 N–H and O–H groups in total. The van der Waals surface area contributed by atoms with Crippen LogP contribution in [-0.4, -0.2) is 11.1 Å². The molecule has 0 radical (unpaired) electrons. The summed E-state index contributed by atoms with van der Waals surface area (Å²) in [5, 5.41) is 10.8. The molecule has 0 aliphatic rings. The molecule has 0 aliphatic carbocycles. The van der Waals surface area contributed by atoms with Gasteiger partial charge in [-0.3, -0.25) is 0 Å². The van der Waals surface area contributed by atoms with Gasteiger partial charge in [0.2, 0.25) is 0 Å². The lowest BCUT2D eigenvalue weighted by molar-refractivity contribution is 0.0697. The summed E-state index contributed by atoms with van der Waals surface area (Å²) in [6, 6.07) is 10.9. The van der Waals surface area contributed by atoms with Crippen molar-refractivity contribution >= 4 is 32.7 Å². The SMILES string of the molecule is CC.O=C(O)c1ccc2ccc(Br)cc2c1. The first-order valence-corrected chi connectivity index (χ1v) is 5.89. The van der Waals surface area contributed by atoms with Gasteiger partial charge in [0.05, 0.1) is 5.56 Å². The van der Waals surface area contributed by atoms with Crippen molar-refractivity contribution in [3.8, 4) is 0 Å². The highest BCUT2D eigenvalue weighted by atomic mass is 79.9. The molecule has 0 fully saturated rings. The zero-order valence-corrected chi connectivity index (χ0v) is 10.8. The zero-order chi connectivity index (χ0) is 12.1. The van der Waals surface area contributed by atoms with Gasteiger partial charge in [-0.25, -0.2) is 4.79 Å². The molecule has 0 aliphatic heterocycles. The standard InChI is InChI=1S/C11H7BrO2.C2H6/c12-10-4-3-7-1-2-8(11(13)14)5-9(7)6-10;1-2/h1-6H,(H,13,14);1-2H3. The number of halogens is 1. The van der Waals surface area contributed by atoms with E-state index in [9.17, 15) is 4.79 Å². The Hall–Kier alpha value is -1.35. The van der Waals surface area contributed by atoms with Crippen LogP contribution in [0, 0.1) is 0 Å². The second-order valence-corrected chi connectivity index (χ2v) is 3.93. The predicted octanol–water partition coefficient (Wildman–Crippen LogP) is 4.33. The Morgan fingerprint density at radius 1 is 1.06 bits per heavy atom. The summed E-state index contributed by atoms with van der Waals surface area (Å²) in [5.74, 6) is -0.896. The molecule has 2 aromatic carbocycles. The predicted molar refractivity (Wildman–Crippen MR) is 70.0 cm³/mol. The number of benzene rings is 2. The normalized spacial score (nSPS) is 9.44. The monoisotopic (exact) mass is 280 g/mol. The molecule has 0 amide bonds. The van der Waals surface area contributed by atoms with Crippen LogP contribution >= 0.6 is 15.9 Å². The highest BCUT2D eigenvalue weighted by Gasteiger charge is 2.03. The van der Waals surface area contributed by atoms with Gasteiger partial charge in [0.25, 0.3) is 0 Å². The maximum absolute atomic E-state index is 10.7. The third-order valence-corrected chi connectivity index (χ3v) is 2.54. The van der Waals surface area contributed by atoms with Crippen LogP contribution in [0.1, 0.15) is 24.2 Å². The van der Waals surface area contributed by atoms with Crippen molar-refractivity contribution in [3.05, 3.63) is 46.4 Å². The van der Waals surface area contributed by atoms with Gasteiger partial charge >= 0.3 is 5.97 Å². The smallest absolute Gasteiger partial charge is 0.335 e. The van der Waals surface area contributed by atoms with Gasteiger partial charge in [-0.1, -0.05) is 41.9 Å². The van der Waals surface area contributed by atoms with Crippen LogP contribution in [0.5, 0.6) is 0 Å². The fourth-order valence-electron chi connectivity index (χ4n) is 1.35. The van der Waals surface area contributed by atoms with E-state index in [1.165, 1.54) is 0 Å². The van der Waals surface area contributed by atoms with Gasteiger partial charge in [-0.2, -0.15) is 0 Å². The molecule has 0 bridgehead atoms. The van der Waals surface area contributed by atoms with E-state index in [2.05, 4.69) is 15.9 Å². The average molecular weight is 281 g/mol. The molecule has 0 heterocycles. The van der Waals surface area contributed by atoms with Gasteiger partial charge in [-0.05, 0) is 35.0 Å². The molecule has 3 heteroatoms. The minimum atomic E-state index is -0.896. The fourth-order valence-corrected chi connectivity index (χ4v) is 1.73. The van der Waals surface area contributed by atoms with Crippen LogP contribution in [0.4, 0.5) is 0 Å². The molecule has 0 saturated carbocycles. The van der Waals surface area contributed by atoms with Crippen molar-refractivity contribution < 1.29 is 9.90 Å². The molecular weight excluding hydrogens is 268 g/mol. The summed E-state index contributed by atoms with van der Waals surface area (Å²) >= 11 is 3.35. The van der Waals surface area contributed by atoms with E-state index >= 15 is 0 Å². The van der Waals surface area contributed by atoms with Gasteiger partial charge in [-0.15, -0.1) is 0 Å². The number of carboxylic acid groups (broad SMARTS) is 1. The molecule has 84 valence electrons. The maximum atomic E-state index is 10.7. The van der Waals surface area contributed by atoms with E-state index in [1.807, 2.05) is 38.1 Å². The number of hydrogen-bond donors (Lipinski definition) is 1. The van der Waals surface area contributed by atoms with Crippen LogP contribution in [0.3, 0.4) is 0 Å². The minimum absolute atomic E-state index is 0.315. The van der Waals surface area contributed by atoms with E-state index in [0.29, 0.717) is 5.56 Å². The van der Waals surface area contributed by atoms with Crippen LogP contribution < -0.4 is 0 Å². The summed E-state index contributed by atoms with van der Waals surface area (Å²) in [6.45, 7) is 4.00. The van der Waals surface area contributed by atoms with Crippen LogP contribution in [0.25, 0.3) is 10.8 Å². The van der Waals surface area contributed by atoms with Crippen molar-refractivity contribution in [2.45, 2.75) is 13.8 Å². The second-order valence-electron chi connectivity index (χ2n) is 3.01. The maximum Gasteiger partial charge on any atom is 0.335 e. The Kier molecular flexibility index (Phi) is 4.50. The Morgan fingerprint density at radius 2 is 1.69 bits per heavy atom. The lowest BCUT2D eigenvalue weighted by Crippen LogP contribution is -1.94. The van der Waals surface area contributed by atoms with Gasteiger partial charge in [0.15, 0.2) is 0 Å². The summed E-state index contributed by atoms with van der Waals surface area (Å²) in [4.78, 5) is 10.7. The van der Waals surface area contributed by atoms with Gasteiger partial charge in [0.1, 0.15) is 0 Å². The molecular formula is C13H13BrO2. The number of fused-ring (bicyclic) bond motifs is 1. The number of hydrogen-bond acceptors (Lipinski definition) is 1. The summed E-state index contributed by atoms with van der Waals surface area (Å²) in [7, 11) is 0. The van der Waals surface area contributed by atoms with Gasteiger partial charge < -0.3 is 5.11 Å². The van der Waals surface area contributed by atoms with Crippen molar-refractivity contribution in [2.24, 2.45) is 0 Å². The molecule has 2 nitrogen and oxygen atoms in total. The van der Waals surface area contributed by atoms with Crippen LogP contribution in [0.15, 0.2) is 40.9 Å². The minimum Gasteiger partial charge on any atom is -0.478 e. The van der Waals surface area contributed by atoms with Crippen molar-refractivity contribution in [2.75, 3.05) is 0 Å². The molecule has 0 unspecified atom stereocenters.